The van der Waals surface area contributed by atoms with Crippen molar-refractivity contribution >= 4 is 0 Å². The first-order valence-corrected chi connectivity index (χ1v) is 6.04. The quantitative estimate of drug-likeness (QED) is 0.619. The molecular weight excluding hydrogens is 237 g/mol. The molecular formula is C2H7AuO. The summed E-state index contributed by atoms with van der Waals surface area (Å²) in [6, 6.07) is 0. The van der Waals surface area contributed by atoms with Gasteiger partial charge in [-0.1, -0.05) is 0 Å². The first kappa shape index (κ1) is 4.70. The Morgan fingerprint density at radius 1 is 1.50 bits per heavy atom. The zero-order valence-corrected chi connectivity index (χ0v) is 4.92. The van der Waals surface area contributed by atoms with E-state index >= 15 is 0 Å². The van der Waals surface area contributed by atoms with E-state index in [0.717, 1.165) is 0 Å². The van der Waals surface area contributed by atoms with E-state index < -0.39 is 18.8 Å². The minimum atomic E-state index is -1.20. The van der Waals surface area contributed by atoms with Gasteiger partial charge in [0, 0.05) is 0 Å². The van der Waals surface area contributed by atoms with Gasteiger partial charge in [0.25, 0.3) is 0 Å². The molecule has 0 aromatic rings. The second kappa shape index (κ2) is 1.97. The van der Waals surface area contributed by atoms with Crippen molar-refractivity contribution in [2.45, 2.75) is 10.3 Å². The molecule has 0 aliphatic carbocycles. The van der Waals surface area contributed by atoms with E-state index in [0.29, 0.717) is 0 Å². The van der Waals surface area contributed by atoms with Crippen LogP contribution in [0, 0.1) is 0 Å². The summed E-state index contributed by atoms with van der Waals surface area (Å²) in [6.45, 7) is 0. The molecule has 0 aliphatic rings. The summed E-state index contributed by atoms with van der Waals surface area (Å²) in [6.07, 6.45) is 0. The van der Waals surface area contributed by atoms with Gasteiger partial charge in [0.1, 0.15) is 0 Å². The Morgan fingerprint density at radius 3 is 1.50 bits per heavy atom. The number of rotatable bonds is 0. The molecule has 0 aliphatic heterocycles. The Bertz CT molecular complexity index is 10.8. The van der Waals surface area contributed by atoms with Crippen LogP contribution in [-0.2, 0) is 18.8 Å². The predicted molar refractivity (Wildman–Crippen MR) is 13.9 cm³/mol. The Hall–Kier alpha value is 0.700. The number of hydrogen-bond acceptors (Lipinski definition) is 1. The van der Waals surface area contributed by atoms with Gasteiger partial charge in [0.2, 0.25) is 0 Å². The fourth-order valence-electron chi connectivity index (χ4n) is 0. The van der Waals surface area contributed by atoms with Gasteiger partial charge >= 0.3 is 32.7 Å². The van der Waals surface area contributed by atoms with Crippen molar-refractivity contribution in [3.8, 4) is 0 Å². The standard InChI is InChI=1S/2CH3.Au.H2O/h2*1H3;;1H2/q;;+1;/p-1. The van der Waals surface area contributed by atoms with Gasteiger partial charge in [-0.05, 0) is 0 Å². The fourth-order valence-corrected chi connectivity index (χ4v) is 0. The van der Waals surface area contributed by atoms with Gasteiger partial charge in [-0.15, -0.1) is 0 Å². The molecule has 0 bridgehead atoms. The van der Waals surface area contributed by atoms with Crippen molar-refractivity contribution in [3.63, 3.8) is 0 Å². The summed E-state index contributed by atoms with van der Waals surface area (Å²) in [7, 11) is 0. The SMILES string of the molecule is [CH3][Au]([CH3])[OH]. The minimum absolute atomic E-state index is 1.20. The molecule has 0 aromatic carbocycles. The molecule has 0 unspecified atom stereocenters. The molecule has 0 spiro atoms. The van der Waals surface area contributed by atoms with Crippen molar-refractivity contribution in [2.24, 2.45) is 0 Å². The Labute approximate surface area is 33.2 Å². The van der Waals surface area contributed by atoms with Gasteiger partial charge in [0.15, 0.2) is 0 Å². The molecule has 0 saturated carbocycles. The number of hydrogen-bond donors (Lipinski definition) is 1. The first-order chi connectivity index (χ1) is 1.73. The third-order valence-electron chi connectivity index (χ3n) is 0. The first-order valence-electron chi connectivity index (χ1n) is 0.738. The molecule has 0 amide bonds. The second-order valence-electron chi connectivity index (χ2n) is 0.571. The summed E-state index contributed by atoms with van der Waals surface area (Å²) in [5.41, 5.74) is 0. The van der Waals surface area contributed by atoms with Crippen LogP contribution in [0.2, 0.25) is 10.3 Å². The second-order valence-corrected chi connectivity index (χ2v) is 4.68. The summed E-state index contributed by atoms with van der Waals surface area (Å²) >= 11 is -1.20. The van der Waals surface area contributed by atoms with E-state index in [4.69, 9.17) is 3.61 Å². The zero-order chi connectivity index (χ0) is 3.58. The third-order valence-corrected chi connectivity index (χ3v) is 0. The topological polar surface area (TPSA) is 20.2 Å². The molecule has 0 rings (SSSR count). The Morgan fingerprint density at radius 2 is 1.50 bits per heavy atom. The molecule has 0 saturated heterocycles. The maximum absolute atomic E-state index is 8.20. The normalized spacial score (nSPS) is 11.2. The maximum atomic E-state index is 8.20. The molecule has 0 radical (unpaired) electrons. The van der Waals surface area contributed by atoms with Crippen LogP contribution in [0.3, 0.4) is 0 Å². The van der Waals surface area contributed by atoms with Gasteiger partial charge in [0.05, 0.1) is 0 Å². The van der Waals surface area contributed by atoms with Crippen LogP contribution in [0.15, 0.2) is 0 Å². The molecule has 1 N–H and O–H groups in total. The molecule has 32 valence electrons. The predicted octanol–water partition coefficient (Wildman–Crippen LogP) is 0.608. The van der Waals surface area contributed by atoms with Crippen LogP contribution >= 0.6 is 0 Å². The van der Waals surface area contributed by atoms with Crippen molar-refractivity contribution in [2.75, 3.05) is 0 Å². The van der Waals surface area contributed by atoms with Crippen molar-refractivity contribution < 1.29 is 22.5 Å². The molecule has 2 heteroatoms. The van der Waals surface area contributed by atoms with E-state index in [-0.39, 0.29) is 0 Å². The fraction of sp³-hybridized carbons (Fsp3) is 1.00. The van der Waals surface area contributed by atoms with Crippen molar-refractivity contribution in [1.29, 1.82) is 0 Å². The van der Waals surface area contributed by atoms with Gasteiger partial charge < -0.3 is 0 Å². The summed E-state index contributed by atoms with van der Waals surface area (Å²) in [5.74, 6) is 0. The van der Waals surface area contributed by atoms with Crippen molar-refractivity contribution in [3.05, 3.63) is 0 Å². The van der Waals surface area contributed by atoms with Gasteiger partial charge in [-0.3, -0.25) is 0 Å². The molecule has 4 heavy (non-hydrogen) atoms. The van der Waals surface area contributed by atoms with E-state index in [1.807, 2.05) is 10.3 Å². The average molecular weight is 244 g/mol. The Balaban J connectivity index is 2.32. The van der Waals surface area contributed by atoms with Crippen LogP contribution in [-0.4, -0.2) is 3.61 Å². The summed E-state index contributed by atoms with van der Waals surface area (Å²) in [5, 5.41) is 3.74. The zero-order valence-electron chi connectivity index (χ0n) is 2.75. The molecule has 0 heterocycles. The van der Waals surface area contributed by atoms with Crippen LogP contribution in [0.1, 0.15) is 0 Å². The van der Waals surface area contributed by atoms with Crippen LogP contribution < -0.4 is 0 Å². The molecule has 0 fully saturated rings. The monoisotopic (exact) mass is 244 g/mol. The van der Waals surface area contributed by atoms with Crippen molar-refractivity contribution in [1.82, 2.24) is 0 Å². The van der Waals surface area contributed by atoms with Crippen LogP contribution in [0.25, 0.3) is 0 Å². The summed E-state index contributed by atoms with van der Waals surface area (Å²) in [4.78, 5) is 0. The van der Waals surface area contributed by atoms with Crippen LogP contribution in [0.5, 0.6) is 0 Å². The molecule has 1 nitrogen and oxygen atoms in total. The van der Waals surface area contributed by atoms with Gasteiger partial charge in [-0.25, -0.2) is 0 Å². The van der Waals surface area contributed by atoms with E-state index in [9.17, 15) is 0 Å². The molecule has 0 aromatic heterocycles. The van der Waals surface area contributed by atoms with Crippen LogP contribution in [0.4, 0.5) is 0 Å². The molecule has 0 atom stereocenters. The van der Waals surface area contributed by atoms with E-state index in [1.54, 1.807) is 0 Å². The summed E-state index contributed by atoms with van der Waals surface area (Å²) < 4.78 is 8.20. The Kier molecular flexibility index (Phi) is 2.32. The average Bonchev–Trinajstić information content (AvgIpc) is 0.811. The van der Waals surface area contributed by atoms with E-state index in [2.05, 4.69) is 0 Å². The van der Waals surface area contributed by atoms with E-state index in [1.165, 1.54) is 0 Å². The third kappa shape index (κ3) is 15.9. The van der Waals surface area contributed by atoms with Gasteiger partial charge in [-0.2, -0.15) is 0 Å².